The van der Waals surface area contributed by atoms with E-state index in [0.717, 1.165) is 5.56 Å². The van der Waals surface area contributed by atoms with E-state index in [1.807, 2.05) is 30.3 Å². The van der Waals surface area contributed by atoms with Crippen LogP contribution in [0.3, 0.4) is 0 Å². The molecule has 1 aromatic carbocycles. The van der Waals surface area contributed by atoms with E-state index in [1.165, 1.54) is 13.1 Å². The van der Waals surface area contributed by atoms with Crippen LogP contribution in [-0.4, -0.2) is 71.8 Å². The van der Waals surface area contributed by atoms with Gasteiger partial charge in [-0.1, -0.05) is 30.3 Å². The number of amides is 2. The minimum absolute atomic E-state index is 0.156. The maximum atomic E-state index is 11.6. The minimum atomic E-state index is -0.476. The van der Waals surface area contributed by atoms with Gasteiger partial charge in [0.15, 0.2) is 0 Å². The number of ether oxygens (including phenoxy) is 4. The van der Waals surface area contributed by atoms with E-state index in [0.29, 0.717) is 46.2 Å². The Morgan fingerprint density at radius 1 is 0.889 bits per heavy atom. The molecule has 0 radical (unpaired) electrons. The first-order chi connectivity index (χ1) is 13.2. The largest absolute Gasteiger partial charge is 0.447 e. The lowest BCUT2D eigenvalue weighted by Crippen LogP contribution is -2.26. The molecule has 1 rings (SSSR count). The predicted octanol–water partition coefficient (Wildman–Crippen LogP) is 1.22. The number of carbonyl (C=O) groups is 2. The molecule has 2 N–H and O–H groups in total. The van der Waals surface area contributed by atoms with Crippen molar-refractivity contribution in [3.63, 3.8) is 0 Å². The van der Waals surface area contributed by atoms with Crippen LogP contribution in [0.1, 0.15) is 5.56 Å². The summed E-state index contributed by atoms with van der Waals surface area (Å²) < 4.78 is 20.7. The highest BCUT2D eigenvalue weighted by atomic mass is 16.6. The highest BCUT2D eigenvalue weighted by Gasteiger charge is 1.97. The van der Waals surface area contributed by atoms with Crippen molar-refractivity contribution in [3.05, 3.63) is 42.0 Å². The Bertz CT molecular complexity index is 550. The molecule has 0 heterocycles. The summed E-state index contributed by atoms with van der Waals surface area (Å²) in [5.41, 5.74) is 0.976. The monoisotopic (exact) mass is 380 g/mol. The van der Waals surface area contributed by atoms with Crippen molar-refractivity contribution in [2.24, 2.45) is 0 Å². The molecule has 0 saturated heterocycles. The van der Waals surface area contributed by atoms with Crippen LogP contribution in [0.5, 0.6) is 0 Å². The zero-order valence-electron chi connectivity index (χ0n) is 15.6. The average molecular weight is 380 g/mol. The molecule has 150 valence electrons. The van der Waals surface area contributed by atoms with E-state index in [1.54, 1.807) is 6.08 Å². The summed E-state index contributed by atoms with van der Waals surface area (Å²) in [4.78, 5) is 22.4. The average Bonchev–Trinajstić information content (AvgIpc) is 2.70. The van der Waals surface area contributed by atoms with Gasteiger partial charge in [0.1, 0.15) is 6.61 Å². The summed E-state index contributed by atoms with van der Waals surface area (Å²) in [6, 6.07) is 9.62. The van der Waals surface area contributed by atoms with Gasteiger partial charge in [0.2, 0.25) is 5.91 Å². The highest BCUT2D eigenvalue weighted by molar-refractivity contribution is 5.91. The molecule has 8 heteroatoms. The normalized spacial score (nSPS) is 10.7. The molecule has 0 bridgehead atoms. The summed E-state index contributed by atoms with van der Waals surface area (Å²) in [5, 5.41) is 5.09. The molecule has 0 saturated carbocycles. The fraction of sp³-hybridized carbons (Fsp3) is 0.474. The van der Waals surface area contributed by atoms with E-state index in [2.05, 4.69) is 10.6 Å². The fourth-order valence-corrected chi connectivity index (χ4v) is 1.85. The number of nitrogens with one attached hydrogen (secondary N) is 2. The van der Waals surface area contributed by atoms with Gasteiger partial charge in [-0.3, -0.25) is 4.79 Å². The standard InChI is InChI=1S/C19H28N2O6/c1-20-19(23)27-16-15-26-14-13-25-12-11-24-10-9-21-18(22)8-7-17-5-3-2-4-6-17/h2-8H,9-16H2,1H3,(H,20,23)(H,21,22)/b8-7+. The van der Waals surface area contributed by atoms with E-state index in [4.69, 9.17) is 18.9 Å². The first kappa shape index (κ1) is 22.6. The van der Waals surface area contributed by atoms with Crippen molar-refractivity contribution in [2.45, 2.75) is 0 Å². The maximum absolute atomic E-state index is 11.6. The molecule has 27 heavy (non-hydrogen) atoms. The first-order valence-electron chi connectivity index (χ1n) is 8.81. The van der Waals surface area contributed by atoms with Crippen molar-refractivity contribution in [2.75, 3.05) is 59.8 Å². The summed E-state index contributed by atoms with van der Waals surface area (Å²) in [5.74, 6) is -0.156. The predicted molar refractivity (Wildman–Crippen MR) is 101 cm³/mol. The molecular weight excluding hydrogens is 352 g/mol. The van der Waals surface area contributed by atoms with Crippen LogP contribution >= 0.6 is 0 Å². The summed E-state index contributed by atoms with van der Waals surface area (Å²) in [6.07, 6.45) is 2.78. The zero-order chi connectivity index (χ0) is 19.6. The van der Waals surface area contributed by atoms with Gasteiger partial charge >= 0.3 is 6.09 Å². The SMILES string of the molecule is CNC(=O)OCCOCCOCCOCCNC(=O)/C=C/c1ccccc1. The molecular formula is C19H28N2O6. The van der Waals surface area contributed by atoms with Crippen molar-refractivity contribution in [3.8, 4) is 0 Å². The van der Waals surface area contributed by atoms with Crippen LogP contribution in [0.2, 0.25) is 0 Å². The lowest BCUT2D eigenvalue weighted by atomic mass is 10.2. The third kappa shape index (κ3) is 13.4. The lowest BCUT2D eigenvalue weighted by Gasteiger charge is -2.07. The molecule has 0 fully saturated rings. The second kappa shape index (κ2) is 15.8. The van der Waals surface area contributed by atoms with E-state index >= 15 is 0 Å². The fourth-order valence-electron chi connectivity index (χ4n) is 1.85. The number of benzene rings is 1. The summed E-state index contributed by atoms with van der Waals surface area (Å²) in [7, 11) is 1.50. The van der Waals surface area contributed by atoms with Crippen LogP contribution in [0.4, 0.5) is 4.79 Å². The Kier molecular flexibility index (Phi) is 13.2. The van der Waals surface area contributed by atoms with Gasteiger partial charge < -0.3 is 29.6 Å². The Hall–Kier alpha value is -2.42. The van der Waals surface area contributed by atoms with Crippen molar-refractivity contribution in [1.82, 2.24) is 10.6 Å². The van der Waals surface area contributed by atoms with E-state index < -0.39 is 6.09 Å². The van der Waals surface area contributed by atoms with Gasteiger partial charge in [-0.2, -0.15) is 0 Å². The maximum Gasteiger partial charge on any atom is 0.406 e. The Balaban J connectivity index is 1.84. The number of hydrogen-bond donors (Lipinski definition) is 2. The Morgan fingerprint density at radius 2 is 1.48 bits per heavy atom. The Labute approximate surface area is 159 Å². The number of rotatable bonds is 14. The molecule has 0 atom stereocenters. The molecule has 0 spiro atoms. The minimum Gasteiger partial charge on any atom is -0.447 e. The summed E-state index contributed by atoms with van der Waals surface area (Å²) >= 11 is 0. The molecule has 0 aromatic heterocycles. The van der Waals surface area contributed by atoms with Crippen molar-refractivity contribution >= 4 is 18.1 Å². The van der Waals surface area contributed by atoms with Gasteiger partial charge in [0.25, 0.3) is 0 Å². The van der Waals surface area contributed by atoms with Crippen molar-refractivity contribution < 1.29 is 28.5 Å². The Morgan fingerprint density at radius 3 is 2.11 bits per heavy atom. The van der Waals surface area contributed by atoms with Crippen LogP contribution < -0.4 is 10.6 Å². The van der Waals surface area contributed by atoms with Gasteiger partial charge in [0, 0.05) is 19.7 Å². The molecule has 0 unspecified atom stereocenters. The van der Waals surface area contributed by atoms with Gasteiger partial charge in [-0.05, 0) is 11.6 Å². The third-order valence-electron chi connectivity index (χ3n) is 3.18. The molecule has 8 nitrogen and oxygen atoms in total. The number of carbonyl (C=O) groups excluding carboxylic acids is 2. The third-order valence-corrected chi connectivity index (χ3v) is 3.18. The van der Waals surface area contributed by atoms with Gasteiger partial charge in [-0.15, -0.1) is 0 Å². The quantitative estimate of drug-likeness (QED) is 0.372. The molecule has 0 aliphatic carbocycles. The van der Waals surface area contributed by atoms with Crippen LogP contribution in [0, 0.1) is 0 Å². The van der Waals surface area contributed by atoms with Crippen LogP contribution in [0.25, 0.3) is 6.08 Å². The van der Waals surface area contributed by atoms with Gasteiger partial charge in [-0.25, -0.2) is 4.79 Å². The van der Waals surface area contributed by atoms with Crippen LogP contribution in [0.15, 0.2) is 36.4 Å². The number of hydrogen-bond acceptors (Lipinski definition) is 6. The van der Waals surface area contributed by atoms with E-state index in [9.17, 15) is 9.59 Å². The first-order valence-corrected chi connectivity index (χ1v) is 8.81. The molecule has 0 aliphatic rings. The molecule has 2 amide bonds. The van der Waals surface area contributed by atoms with Crippen molar-refractivity contribution in [1.29, 1.82) is 0 Å². The summed E-state index contributed by atoms with van der Waals surface area (Å²) in [6.45, 7) is 3.12. The van der Waals surface area contributed by atoms with Crippen LogP contribution in [-0.2, 0) is 23.7 Å². The topological polar surface area (TPSA) is 95.1 Å². The highest BCUT2D eigenvalue weighted by Crippen LogP contribution is 2.00. The number of alkyl carbamates (subject to hydrolysis) is 1. The zero-order valence-corrected chi connectivity index (χ0v) is 15.6. The second-order valence-electron chi connectivity index (χ2n) is 5.26. The van der Waals surface area contributed by atoms with E-state index in [-0.39, 0.29) is 12.5 Å². The molecule has 1 aromatic rings. The molecule has 0 aliphatic heterocycles. The van der Waals surface area contributed by atoms with Gasteiger partial charge in [0.05, 0.1) is 39.6 Å². The lowest BCUT2D eigenvalue weighted by molar-refractivity contribution is -0.116. The smallest absolute Gasteiger partial charge is 0.406 e. The second-order valence-corrected chi connectivity index (χ2v) is 5.26.